The first kappa shape index (κ1) is 14.8. The monoisotopic (exact) mass is 307 g/mol. The summed E-state index contributed by atoms with van der Waals surface area (Å²) in [7, 11) is 0. The zero-order valence-corrected chi connectivity index (χ0v) is 12.4. The lowest BCUT2D eigenvalue weighted by molar-refractivity contribution is -0.135. The Balaban J connectivity index is 1.50. The van der Waals surface area contributed by atoms with E-state index in [4.69, 9.17) is 5.11 Å². The average Bonchev–Trinajstić information content (AvgIpc) is 3.05. The quantitative estimate of drug-likeness (QED) is 0.749. The van der Waals surface area contributed by atoms with E-state index in [1.807, 2.05) is 4.90 Å². The zero-order valence-electron chi connectivity index (χ0n) is 12.4. The lowest BCUT2D eigenvalue weighted by Crippen LogP contribution is -2.52. The third-order valence-corrected chi connectivity index (χ3v) is 4.64. The van der Waals surface area contributed by atoms with Crippen LogP contribution in [0.2, 0.25) is 0 Å². The fraction of sp³-hybridized carbons (Fsp3) is 0.714. The van der Waals surface area contributed by atoms with Gasteiger partial charge in [0.15, 0.2) is 0 Å². The van der Waals surface area contributed by atoms with E-state index >= 15 is 0 Å². The minimum absolute atomic E-state index is 0.0193. The number of rotatable bonds is 5. The summed E-state index contributed by atoms with van der Waals surface area (Å²) in [5.74, 6) is 0.185. The lowest BCUT2D eigenvalue weighted by atomic mass is 9.96. The maximum Gasteiger partial charge on any atom is 0.404 e. The van der Waals surface area contributed by atoms with Gasteiger partial charge in [0.25, 0.3) is 0 Å². The fourth-order valence-corrected chi connectivity index (χ4v) is 3.77. The second-order valence-electron chi connectivity index (χ2n) is 6.12. The van der Waals surface area contributed by atoms with Crippen molar-refractivity contribution in [3.05, 3.63) is 11.9 Å². The van der Waals surface area contributed by atoms with Crippen LogP contribution in [0.4, 0.5) is 4.79 Å². The molecule has 8 nitrogen and oxygen atoms in total. The average molecular weight is 307 g/mol. The van der Waals surface area contributed by atoms with Gasteiger partial charge in [-0.1, -0.05) is 5.21 Å². The number of carboxylic acid groups (broad SMARTS) is 1. The topological polar surface area (TPSA) is 111 Å². The van der Waals surface area contributed by atoms with Gasteiger partial charge in [0.05, 0.1) is 5.69 Å². The Morgan fingerprint density at radius 2 is 2.09 bits per heavy atom. The van der Waals surface area contributed by atoms with Gasteiger partial charge in [-0.25, -0.2) is 4.79 Å². The van der Waals surface area contributed by atoms with Crippen molar-refractivity contribution >= 4 is 12.0 Å². The number of hydrogen-bond acceptors (Lipinski definition) is 4. The van der Waals surface area contributed by atoms with Crippen LogP contribution in [-0.4, -0.2) is 55.5 Å². The minimum Gasteiger partial charge on any atom is -0.465 e. The Morgan fingerprint density at radius 1 is 1.36 bits per heavy atom. The third kappa shape index (κ3) is 3.20. The number of carbonyl (C=O) groups excluding carboxylic acids is 1. The van der Waals surface area contributed by atoms with E-state index in [0.29, 0.717) is 6.42 Å². The van der Waals surface area contributed by atoms with E-state index in [2.05, 4.69) is 20.7 Å². The van der Waals surface area contributed by atoms with Gasteiger partial charge >= 0.3 is 6.09 Å². The van der Waals surface area contributed by atoms with E-state index < -0.39 is 6.09 Å². The molecule has 0 aromatic carbocycles. The SMILES string of the molecule is O=C(O)NC1CC2CCC(C1)N2C(=O)CCCc1c[nH]nn1. The third-order valence-electron chi connectivity index (χ3n) is 4.64. The molecule has 2 unspecified atom stereocenters. The van der Waals surface area contributed by atoms with Crippen molar-refractivity contribution in [2.75, 3.05) is 0 Å². The standard InChI is InChI=1S/C14H21N5O3/c20-13(3-1-2-9-8-15-18-17-9)19-11-4-5-12(19)7-10(6-11)16-14(21)22/h8,10-12,16H,1-7H2,(H,21,22)(H,15,17,18). The molecule has 0 aliphatic carbocycles. The summed E-state index contributed by atoms with van der Waals surface area (Å²) in [6.45, 7) is 0. The summed E-state index contributed by atoms with van der Waals surface area (Å²) >= 11 is 0. The highest BCUT2D eigenvalue weighted by Gasteiger charge is 2.43. The number of nitrogens with zero attached hydrogens (tertiary/aromatic N) is 3. The van der Waals surface area contributed by atoms with Gasteiger partial charge in [-0.15, -0.1) is 5.10 Å². The normalized spacial score (nSPS) is 26.9. The molecular formula is C14H21N5O3. The highest BCUT2D eigenvalue weighted by molar-refractivity contribution is 5.77. The molecular weight excluding hydrogens is 286 g/mol. The lowest BCUT2D eigenvalue weighted by Gasteiger charge is -2.39. The highest BCUT2D eigenvalue weighted by Crippen LogP contribution is 2.36. The van der Waals surface area contributed by atoms with Crippen molar-refractivity contribution < 1.29 is 14.7 Å². The summed E-state index contributed by atoms with van der Waals surface area (Å²) in [6, 6.07) is 0.361. The van der Waals surface area contributed by atoms with E-state index in [0.717, 1.165) is 44.2 Å². The first-order chi connectivity index (χ1) is 10.6. The molecule has 2 saturated heterocycles. The van der Waals surface area contributed by atoms with Crippen LogP contribution >= 0.6 is 0 Å². The number of aryl methyl sites for hydroxylation is 1. The molecule has 0 spiro atoms. The van der Waals surface area contributed by atoms with Crippen LogP contribution < -0.4 is 5.32 Å². The van der Waals surface area contributed by atoms with Crippen LogP contribution in [-0.2, 0) is 11.2 Å². The predicted molar refractivity (Wildman–Crippen MR) is 77.2 cm³/mol. The van der Waals surface area contributed by atoms with Crippen molar-refractivity contribution in [3.8, 4) is 0 Å². The number of aromatic amines is 1. The van der Waals surface area contributed by atoms with Gasteiger partial charge in [-0.3, -0.25) is 9.89 Å². The molecule has 8 heteroatoms. The summed E-state index contributed by atoms with van der Waals surface area (Å²) in [5, 5.41) is 21.6. The van der Waals surface area contributed by atoms with Gasteiger partial charge < -0.3 is 15.3 Å². The Bertz CT molecular complexity index is 519. The number of carbonyl (C=O) groups is 2. The molecule has 3 heterocycles. The van der Waals surface area contributed by atoms with Crippen LogP contribution in [0.3, 0.4) is 0 Å². The van der Waals surface area contributed by atoms with Crippen LogP contribution in [0.25, 0.3) is 0 Å². The molecule has 2 bridgehead atoms. The second-order valence-corrected chi connectivity index (χ2v) is 6.12. The smallest absolute Gasteiger partial charge is 0.404 e. The molecule has 120 valence electrons. The van der Waals surface area contributed by atoms with Gasteiger partial charge in [-0.2, -0.15) is 0 Å². The molecule has 2 atom stereocenters. The van der Waals surface area contributed by atoms with Gasteiger partial charge in [-0.05, 0) is 38.5 Å². The molecule has 2 amide bonds. The summed E-state index contributed by atoms with van der Waals surface area (Å²) in [4.78, 5) is 25.2. The number of nitrogens with one attached hydrogen (secondary N) is 2. The Kier molecular flexibility index (Phi) is 4.26. The fourth-order valence-electron chi connectivity index (χ4n) is 3.77. The van der Waals surface area contributed by atoms with E-state index in [1.165, 1.54) is 0 Å². The van der Waals surface area contributed by atoms with Gasteiger partial charge in [0.1, 0.15) is 0 Å². The van der Waals surface area contributed by atoms with Crippen LogP contribution in [0.5, 0.6) is 0 Å². The number of amides is 2. The van der Waals surface area contributed by atoms with Gasteiger partial charge in [0, 0.05) is 30.7 Å². The molecule has 2 aliphatic heterocycles. The number of H-pyrrole nitrogens is 1. The molecule has 2 fully saturated rings. The van der Waals surface area contributed by atoms with Crippen LogP contribution in [0.1, 0.15) is 44.2 Å². The Labute approximate surface area is 128 Å². The van der Waals surface area contributed by atoms with Crippen molar-refractivity contribution in [2.24, 2.45) is 0 Å². The van der Waals surface area contributed by atoms with Gasteiger partial charge in [0.2, 0.25) is 5.91 Å². The first-order valence-corrected chi connectivity index (χ1v) is 7.79. The van der Waals surface area contributed by atoms with E-state index in [9.17, 15) is 9.59 Å². The van der Waals surface area contributed by atoms with Crippen molar-refractivity contribution in [1.82, 2.24) is 25.6 Å². The number of fused-ring (bicyclic) bond motifs is 2. The number of hydrogen-bond donors (Lipinski definition) is 3. The summed E-state index contributed by atoms with van der Waals surface area (Å²) in [5.41, 5.74) is 0.875. The molecule has 1 aromatic heterocycles. The molecule has 1 aromatic rings. The minimum atomic E-state index is -0.975. The molecule has 0 saturated carbocycles. The van der Waals surface area contributed by atoms with E-state index in [-0.39, 0.29) is 24.0 Å². The molecule has 3 N–H and O–H groups in total. The number of aromatic nitrogens is 3. The van der Waals surface area contributed by atoms with Crippen molar-refractivity contribution in [2.45, 2.75) is 63.1 Å². The summed E-state index contributed by atoms with van der Waals surface area (Å²) in [6.07, 6.45) is 6.22. The Hall–Kier alpha value is -2.12. The molecule has 22 heavy (non-hydrogen) atoms. The summed E-state index contributed by atoms with van der Waals surface area (Å²) < 4.78 is 0. The van der Waals surface area contributed by atoms with E-state index in [1.54, 1.807) is 6.20 Å². The second kappa shape index (κ2) is 6.33. The van der Waals surface area contributed by atoms with Crippen molar-refractivity contribution in [1.29, 1.82) is 0 Å². The molecule has 0 radical (unpaired) electrons. The zero-order chi connectivity index (χ0) is 15.5. The molecule has 2 aliphatic rings. The van der Waals surface area contributed by atoms with Crippen LogP contribution in [0.15, 0.2) is 6.20 Å². The Morgan fingerprint density at radius 3 is 2.68 bits per heavy atom. The maximum absolute atomic E-state index is 12.5. The van der Waals surface area contributed by atoms with Crippen molar-refractivity contribution in [3.63, 3.8) is 0 Å². The highest BCUT2D eigenvalue weighted by atomic mass is 16.4. The maximum atomic E-state index is 12.5. The first-order valence-electron chi connectivity index (χ1n) is 7.79. The van der Waals surface area contributed by atoms with Crippen LogP contribution in [0, 0.1) is 0 Å². The predicted octanol–water partition coefficient (Wildman–Crippen LogP) is 0.917. The number of piperidine rings is 1. The molecule has 3 rings (SSSR count). The largest absolute Gasteiger partial charge is 0.465 e.